The number of alkyl halides is 3. The van der Waals surface area contributed by atoms with E-state index >= 15 is 0 Å². The predicted octanol–water partition coefficient (Wildman–Crippen LogP) is 4.61. The van der Waals surface area contributed by atoms with Crippen molar-refractivity contribution in [1.29, 1.82) is 0 Å². The molecule has 1 saturated carbocycles. The number of rotatable bonds is 4. The highest BCUT2D eigenvalue weighted by Gasteiger charge is 2.72. The lowest BCUT2D eigenvalue weighted by Crippen LogP contribution is -2.47. The van der Waals surface area contributed by atoms with Gasteiger partial charge in [0.05, 0.1) is 5.52 Å². The Hall–Kier alpha value is -5.41. The molecule has 16 heteroatoms. The number of anilines is 1. The van der Waals surface area contributed by atoms with Gasteiger partial charge in [-0.2, -0.15) is 18.3 Å². The van der Waals surface area contributed by atoms with Gasteiger partial charge in [-0.15, -0.1) is 0 Å². The Balaban J connectivity index is 1.30. The van der Waals surface area contributed by atoms with Crippen molar-refractivity contribution in [3.63, 3.8) is 0 Å². The molecule has 3 aliphatic rings. The number of amides is 4. The molecule has 4 aromatic rings. The molecule has 3 aromatic heterocycles. The van der Waals surface area contributed by atoms with Crippen molar-refractivity contribution < 1.29 is 32.3 Å². The zero-order chi connectivity index (χ0) is 37.1. The van der Waals surface area contributed by atoms with E-state index in [4.69, 9.17) is 0 Å². The van der Waals surface area contributed by atoms with Crippen LogP contribution in [-0.2, 0) is 28.7 Å². The number of carbonyl (C=O) groups excluding carboxylic acids is 4. The third-order valence-electron chi connectivity index (χ3n) is 10.7. The lowest BCUT2D eigenvalue weighted by Gasteiger charge is -2.28. The largest absolute Gasteiger partial charge is 0.433 e. The molecular formula is C36H38F3N9O4. The lowest BCUT2D eigenvalue weighted by molar-refractivity contribution is -0.141. The number of pyridine rings is 1. The second kappa shape index (κ2) is 13.0. The molecule has 2 aliphatic heterocycles. The van der Waals surface area contributed by atoms with Gasteiger partial charge in [0.25, 0.3) is 0 Å². The molecule has 2 fully saturated rings. The van der Waals surface area contributed by atoms with Gasteiger partial charge in [0.15, 0.2) is 5.78 Å². The fourth-order valence-electron chi connectivity index (χ4n) is 7.89. The molecule has 4 amide bonds. The second-order valence-corrected chi connectivity index (χ2v) is 14.0. The predicted molar refractivity (Wildman–Crippen MR) is 183 cm³/mol. The summed E-state index contributed by atoms with van der Waals surface area (Å²) in [6.07, 6.45) is 0.719. The molecule has 52 heavy (non-hydrogen) atoms. The lowest BCUT2D eigenvalue weighted by atomic mass is 9.95. The molecule has 0 radical (unpaired) electrons. The van der Waals surface area contributed by atoms with Gasteiger partial charge >= 0.3 is 12.2 Å². The van der Waals surface area contributed by atoms with Crippen molar-refractivity contribution in [2.45, 2.75) is 78.2 Å². The monoisotopic (exact) mass is 717 g/mol. The van der Waals surface area contributed by atoms with E-state index in [1.807, 2.05) is 19.1 Å². The van der Waals surface area contributed by atoms with Crippen LogP contribution in [0.1, 0.15) is 66.2 Å². The topological polar surface area (TPSA) is 164 Å². The first-order chi connectivity index (χ1) is 24.7. The fourth-order valence-corrected chi connectivity index (χ4v) is 7.89. The van der Waals surface area contributed by atoms with Crippen LogP contribution in [0.4, 0.5) is 23.8 Å². The van der Waals surface area contributed by atoms with Crippen LogP contribution in [0.25, 0.3) is 22.0 Å². The van der Waals surface area contributed by atoms with Gasteiger partial charge in [-0.25, -0.2) is 19.7 Å². The number of aryl methyl sites for hydroxylation is 3. The van der Waals surface area contributed by atoms with Gasteiger partial charge in [0, 0.05) is 54.8 Å². The Morgan fingerprint density at radius 2 is 1.79 bits per heavy atom. The van der Waals surface area contributed by atoms with Crippen LogP contribution in [0.15, 0.2) is 36.7 Å². The number of benzene rings is 1. The average Bonchev–Trinajstić information content (AvgIpc) is 3.34. The minimum Gasteiger partial charge on any atom is -0.338 e. The van der Waals surface area contributed by atoms with Crippen LogP contribution in [0.5, 0.6) is 0 Å². The summed E-state index contributed by atoms with van der Waals surface area (Å²) in [6, 6.07) is 3.98. The van der Waals surface area contributed by atoms with E-state index in [2.05, 4.69) is 36.0 Å². The molecule has 4 atom stereocenters. The van der Waals surface area contributed by atoms with Crippen LogP contribution < -0.4 is 16.0 Å². The average molecular weight is 718 g/mol. The number of ketones is 1. The number of nitrogens with one attached hydrogen (secondary N) is 3. The Morgan fingerprint density at radius 1 is 1.04 bits per heavy atom. The quantitative estimate of drug-likeness (QED) is 0.258. The molecule has 13 nitrogen and oxygen atoms in total. The van der Waals surface area contributed by atoms with Gasteiger partial charge in [-0.1, -0.05) is 13.0 Å². The Labute approximate surface area is 296 Å². The zero-order valence-electron chi connectivity index (χ0n) is 29.1. The zero-order valence-corrected chi connectivity index (χ0v) is 29.1. The van der Waals surface area contributed by atoms with Crippen LogP contribution in [0, 0.1) is 25.2 Å². The summed E-state index contributed by atoms with van der Waals surface area (Å²) in [6.45, 7) is 6.95. The number of aromatic nitrogens is 5. The summed E-state index contributed by atoms with van der Waals surface area (Å²) in [5, 5.41) is 13.6. The minimum atomic E-state index is -4.73. The Bertz CT molecular complexity index is 2120. The van der Waals surface area contributed by atoms with E-state index in [9.17, 15) is 32.3 Å². The number of carbonyl (C=O) groups is 4. The van der Waals surface area contributed by atoms with Gasteiger partial charge in [0.1, 0.15) is 35.6 Å². The number of hydrogen-bond donors (Lipinski definition) is 3. The molecule has 1 saturated heterocycles. The summed E-state index contributed by atoms with van der Waals surface area (Å²) in [4.78, 5) is 68.1. The molecule has 1 unspecified atom stereocenters. The molecule has 3 N–H and O–H groups in total. The maximum atomic E-state index is 14.5. The number of urea groups is 1. The Morgan fingerprint density at radius 3 is 2.50 bits per heavy atom. The smallest absolute Gasteiger partial charge is 0.338 e. The summed E-state index contributed by atoms with van der Waals surface area (Å²) < 4.78 is 42.0. The molecule has 0 spiro atoms. The number of halogens is 3. The first-order valence-electron chi connectivity index (χ1n) is 17.2. The van der Waals surface area contributed by atoms with E-state index < -0.39 is 41.2 Å². The maximum Gasteiger partial charge on any atom is 0.433 e. The van der Waals surface area contributed by atoms with E-state index in [0.29, 0.717) is 48.1 Å². The van der Waals surface area contributed by atoms with Crippen LogP contribution in [0.3, 0.4) is 0 Å². The molecule has 5 heterocycles. The van der Waals surface area contributed by atoms with Crippen LogP contribution in [-0.4, -0.2) is 78.4 Å². The molecule has 1 aromatic carbocycles. The molecule has 2 bridgehead atoms. The van der Waals surface area contributed by atoms with E-state index in [0.717, 1.165) is 22.8 Å². The van der Waals surface area contributed by atoms with E-state index in [1.165, 1.54) is 29.5 Å². The third-order valence-corrected chi connectivity index (χ3v) is 10.7. The summed E-state index contributed by atoms with van der Waals surface area (Å²) in [5.74, 6) is -1.19. The number of Topliss-reactive ketones (excluding diaryl/α,β-unsaturated/α-hetero) is 1. The van der Waals surface area contributed by atoms with Gasteiger partial charge < -0.3 is 20.9 Å². The summed E-state index contributed by atoms with van der Waals surface area (Å²) in [5.41, 5.74) is 1.64. The minimum absolute atomic E-state index is 0.0955. The number of nitrogens with zero attached hydrogens (tertiary/aromatic N) is 6. The first kappa shape index (κ1) is 35.0. The van der Waals surface area contributed by atoms with Gasteiger partial charge in [-0.05, 0) is 80.3 Å². The van der Waals surface area contributed by atoms with Crippen molar-refractivity contribution in [2.24, 2.45) is 11.3 Å². The highest BCUT2D eigenvalue weighted by atomic mass is 19.4. The standard InChI is InChI=1S/C36H38F3N9O4/c1-18-8-9-27(36(37,38)39)44-32(18)45-33(51)26-13-35-17-43-34(52)40-10-6-5-7-22-11-23(24-14-41-21(4)42-15-24)12-25-29(20(3)49)46-47(30(22)25)16-28(50)48(26)31(35)19(35)2/h8-9,11-12,14-15,19,26,31H,5-7,10,13,16-17H2,1-4H3,(H2,40,43,52)(H,44,45,51)/t19-,26-,31?,35+/m0/s1. The number of piperidine rings is 1. The van der Waals surface area contributed by atoms with E-state index in [-0.39, 0.29) is 48.8 Å². The molecule has 7 rings (SSSR count). The Kier molecular flexibility index (Phi) is 8.73. The molecule has 272 valence electrons. The van der Waals surface area contributed by atoms with Crippen molar-refractivity contribution in [1.82, 2.24) is 40.3 Å². The van der Waals surface area contributed by atoms with Gasteiger partial charge in [-0.3, -0.25) is 19.1 Å². The SMILES string of the molecule is CC(=O)c1nn2c3c(cc(-c4cnc(C)nc4)cc13)CCCCNC(=O)NC[C@@]13C[C@@H](C(=O)Nc4nc(C(F)(F)F)ccc4C)N(C(=O)C2)C1[C@@H]3C. The second-order valence-electron chi connectivity index (χ2n) is 14.0. The van der Waals surface area contributed by atoms with Crippen molar-refractivity contribution in [3.8, 4) is 11.1 Å². The highest BCUT2D eigenvalue weighted by Crippen LogP contribution is 2.64. The van der Waals surface area contributed by atoms with Crippen molar-refractivity contribution in [3.05, 3.63) is 65.0 Å². The first-order valence-corrected chi connectivity index (χ1v) is 17.2. The van der Waals surface area contributed by atoms with Gasteiger partial charge in [0.2, 0.25) is 11.8 Å². The highest BCUT2D eigenvalue weighted by molar-refractivity contribution is 6.07. The van der Waals surface area contributed by atoms with E-state index in [1.54, 1.807) is 19.3 Å². The number of hydrogen-bond acceptors (Lipinski definition) is 8. The van der Waals surface area contributed by atoms with Crippen LogP contribution >= 0.6 is 0 Å². The summed E-state index contributed by atoms with van der Waals surface area (Å²) in [7, 11) is 0. The molecular weight excluding hydrogens is 679 g/mol. The normalized spacial score (nSPS) is 23.5. The van der Waals surface area contributed by atoms with Crippen LogP contribution in [0.2, 0.25) is 0 Å². The molecule has 1 aliphatic carbocycles. The third kappa shape index (κ3) is 6.23. The fraction of sp³-hybridized carbons (Fsp3) is 0.444. The van der Waals surface area contributed by atoms with Crippen molar-refractivity contribution >= 4 is 40.3 Å². The summed E-state index contributed by atoms with van der Waals surface area (Å²) >= 11 is 0. The maximum absolute atomic E-state index is 14.5. The van der Waals surface area contributed by atoms with Crippen molar-refractivity contribution in [2.75, 3.05) is 18.4 Å².